The molecule has 16 heavy (non-hydrogen) atoms. The van der Waals surface area contributed by atoms with Crippen molar-refractivity contribution in [3.8, 4) is 0 Å². The van der Waals surface area contributed by atoms with Gasteiger partial charge in [-0.3, -0.25) is 4.79 Å². The van der Waals surface area contributed by atoms with Crippen LogP contribution in [0.15, 0.2) is 22.7 Å². The molecule has 1 aliphatic heterocycles. The highest BCUT2D eigenvalue weighted by Gasteiger charge is 2.28. The second-order valence-electron chi connectivity index (χ2n) is 3.83. The Labute approximate surface area is 102 Å². The lowest BCUT2D eigenvalue weighted by Crippen LogP contribution is -2.48. The van der Waals surface area contributed by atoms with Crippen LogP contribution in [0, 0.1) is 5.82 Å². The van der Waals surface area contributed by atoms with Crippen LogP contribution in [0.2, 0.25) is 0 Å². The molecule has 0 bridgehead atoms. The smallest absolute Gasteiger partial charge is 0.243 e. The first-order chi connectivity index (χ1) is 7.59. The van der Waals surface area contributed by atoms with E-state index in [0.29, 0.717) is 23.1 Å². The molecule has 1 heterocycles. The minimum Gasteiger partial charge on any atom is -0.320 e. The quantitative estimate of drug-likeness (QED) is 0.859. The van der Waals surface area contributed by atoms with E-state index >= 15 is 0 Å². The minimum absolute atomic E-state index is 0.201. The molecule has 3 nitrogen and oxygen atoms in total. The number of hydrogen-bond acceptors (Lipinski definition) is 2. The van der Waals surface area contributed by atoms with E-state index in [0.717, 1.165) is 6.42 Å². The number of amides is 1. The van der Waals surface area contributed by atoms with Crippen molar-refractivity contribution in [2.45, 2.75) is 18.9 Å². The molecule has 1 aromatic rings. The molecule has 5 heteroatoms. The summed E-state index contributed by atoms with van der Waals surface area (Å²) in [5.41, 5.74) is 5.97. The van der Waals surface area contributed by atoms with Crippen LogP contribution >= 0.6 is 15.9 Å². The maximum atomic E-state index is 13.7. The number of hydrogen-bond donors (Lipinski definition) is 1. The Balaban J connectivity index is 2.32. The van der Waals surface area contributed by atoms with Gasteiger partial charge in [0.05, 0.1) is 11.7 Å². The van der Waals surface area contributed by atoms with Gasteiger partial charge in [-0.15, -0.1) is 0 Å². The second kappa shape index (κ2) is 4.51. The first kappa shape index (κ1) is 11.5. The third-order valence-electron chi connectivity index (χ3n) is 2.68. The molecular weight excluding hydrogens is 275 g/mol. The van der Waals surface area contributed by atoms with E-state index in [-0.39, 0.29) is 5.91 Å². The molecule has 1 aromatic carbocycles. The average molecular weight is 287 g/mol. The Morgan fingerprint density at radius 1 is 1.50 bits per heavy atom. The number of anilines is 1. The average Bonchev–Trinajstić information content (AvgIpc) is 2.23. The van der Waals surface area contributed by atoms with Gasteiger partial charge in [0.15, 0.2) is 0 Å². The molecule has 0 aliphatic carbocycles. The number of piperidine rings is 1. The van der Waals surface area contributed by atoms with Gasteiger partial charge in [-0.25, -0.2) is 4.39 Å². The molecule has 1 aliphatic rings. The molecule has 1 saturated heterocycles. The molecule has 0 aromatic heterocycles. The van der Waals surface area contributed by atoms with Gasteiger partial charge in [-0.1, -0.05) is 15.9 Å². The standard InChI is InChI=1S/C11H12BrFN2O/c12-7-3-4-10(8(13)6-7)15-5-1-2-9(14)11(15)16/h3-4,6,9H,1-2,5,14H2. The Morgan fingerprint density at radius 3 is 2.94 bits per heavy atom. The molecule has 0 radical (unpaired) electrons. The Kier molecular flexibility index (Phi) is 3.25. The molecule has 2 N–H and O–H groups in total. The van der Waals surface area contributed by atoms with E-state index in [1.165, 1.54) is 11.0 Å². The second-order valence-corrected chi connectivity index (χ2v) is 4.75. The highest BCUT2D eigenvalue weighted by molar-refractivity contribution is 9.10. The van der Waals surface area contributed by atoms with E-state index in [1.54, 1.807) is 12.1 Å². The molecule has 1 amide bonds. The number of nitrogens with two attached hydrogens (primary N) is 1. The van der Waals surface area contributed by atoms with Crippen molar-refractivity contribution in [1.82, 2.24) is 0 Å². The fraction of sp³-hybridized carbons (Fsp3) is 0.364. The first-order valence-electron chi connectivity index (χ1n) is 5.11. The minimum atomic E-state index is -0.503. The zero-order valence-corrected chi connectivity index (χ0v) is 10.2. The molecule has 1 fully saturated rings. The predicted octanol–water partition coefficient (Wildman–Crippen LogP) is 2.04. The van der Waals surface area contributed by atoms with Crippen molar-refractivity contribution in [3.05, 3.63) is 28.5 Å². The summed E-state index contributed by atoms with van der Waals surface area (Å²) in [5, 5.41) is 0. The maximum Gasteiger partial charge on any atom is 0.243 e. The molecule has 0 spiro atoms. The highest BCUT2D eigenvalue weighted by Crippen LogP contribution is 2.26. The largest absolute Gasteiger partial charge is 0.320 e. The van der Waals surface area contributed by atoms with Gasteiger partial charge in [-0.05, 0) is 31.0 Å². The summed E-state index contributed by atoms with van der Waals surface area (Å²) < 4.78 is 14.3. The van der Waals surface area contributed by atoms with Crippen molar-refractivity contribution < 1.29 is 9.18 Å². The maximum absolute atomic E-state index is 13.7. The Morgan fingerprint density at radius 2 is 2.25 bits per heavy atom. The van der Waals surface area contributed by atoms with Crippen LogP contribution < -0.4 is 10.6 Å². The van der Waals surface area contributed by atoms with Gasteiger partial charge in [0.25, 0.3) is 0 Å². The summed E-state index contributed by atoms with van der Waals surface area (Å²) in [4.78, 5) is 13.2. The number of rotatable bonds is 1. The summed E-state index contributed by atoms with van der Waals surface area (Å²) in [6.45, 7) is 0.533. The summed E-state index contributed by atoms with van der Waals surface area (Å²) in [7, 11) is 0. The van der Waals surface area contributed by atoms with Crippen molar-refractivity contribution in [3.63, 3.8) is 0 Å². The van der Waals surface area contributed by atoms with Crippen molar-refractivity contribution >= 4 is 27.5 Å². The van der Waals surface area contributed by atoms with Crippen LogP contribution in [0.1, 0.15) is 12.8 Å². The number of carbonyl (C=O) groups is 1. The lowest BCUT2D eigenvalue weighted by atomic mass is 10.0. The number of benzene rings is 1. The lowest BCUT2D eigenvalue weighted by Gasteiger charge is -2.30. The predicted molar refractivity (Wildman–Crippen MR) is 63.7 cm³/mol. The van der Waals surface area contributed by atoms with Crippen LogP contribution in [0.4, 0.5) is 10.1 Å². The monoisotopic (exact) mass is 286 g/mol. The molecule has 1 unspecified atom stereocenters. The van der Waals surface area contributed by atoms with Crippen LogP contribution in [0.3, 0.4) is 0 Å². The van der Waals surface area contributed by atoms with E-state index in [2.05, 4.69) is 15.9 Å². The summed E-state index contributed by atoms with van der Waals surface area (Å²) in [5.74, 6) is -0.607. The van der Waals surface area contributed by atoms with Crippen LogP contribution in [0.5, 0.6) is 0 Å². The molecular formula is C11H12BrFN2O. The fourth-order valence-corrected chi connectivity index (χ4v) is 2.18. The number of carbonyl (C=O) groups excluding carboxylic acids is 1. The van der Waals surface area contributed by atoms with Gasteiger partial charge in [0.1, 0.15) is 5.82 Å². The van der Waals surface area contributed by atoms with Gasteiger partial charge in [0.2, 0.25) is 5.91 Å². The van der Waals surface area contributed by atoms with Gasteiger partial charge < -0.3 is 10.6 Å². The van der Waals surface area contributed by atoms with Gasteiger partial charge in [0, 0.05) is 11.0 Å². The zero-order chi connectivity index (χ0) is 11.7. The van der Waals surface area contributed by atoms with Gasteiger partial charge >= 0.3 is 0 Å². The molecule has 2 rings (SSSR count). The third kappa shape index (κ3) is 2.10. The molecule has 86 valence electrons. The number of nitrogens with zero attached hydrogens (tertiary/aromatic N) is 1. The molecule has 1 atom stereocenters. The highest BCUT2D eigenvalue weighted by atomic mass is 79.9. The lowest BCUT2D eigenvalue weighted by molar-refractivity contribution is -0.120. The summed E-state index contributed by atoms with van der Waals surface area (Å²) in [6.07, 6.45) is 1.48. The van der Waals surface area contributed by atoms with Crippen LogP contribution in [-0.2, 0) is 4.79 Å². The third-order valence-corrected chi connectivity index (χ3v) is 3.17. The fourth-order valence-electron chi connectivity index (χ4n) is 1.84. The number of halogens is 2. The van der Waals surface area contributed by atoms with Crippen molar-refractivity contribution in [2.24, 2.45) is 5.73 Å². The van der Waals surface area contributed by atoms with Gasteiger partial charge in [-0.2, -0.15) is 0 Å². The molecule has 0 saturated carbocycles. The normalized spacial score (nSPS) is 21.3. The van der Waals surface area contributed by atoms with Crippen LogP contribution in [-0.4, -0.2) is 18.5 Å². The topological polar surface area (TPSA) is 46.3 Å². The zero-order valence-electron chi connectivity index (χ0n) is 8.62. The SMILES string of the molecule is NC1CCCN(c2ccc(Br)cc2F)C1=O. The van der Waals surface area contributed by atoms with Crippen LogP contribution in [0.25, 0.3) is 0 Å². The Hall–Kier alpha value is -0.940. The van der Waals surface area contributed by atoms with Crippen molar-refractivity contribution in [1.29, 1.82) is 0 Å². The Bertz CT molecular complexity index is 424. The summed E-state index contributed by atoms with van der Waals surface area (Å²) >= 11 is 3.18. The van der Waals surface area contributed by atoms with E-state index < -0.39 is 11.9 Å². The summed E-state index contributed by atoms with van der Waals surface area (Å²) in [6, 6.07) is 4.15. The van der Waals surface area contributed by atoms with E-state index in [4.69, 9.17) is 5.73 Å². The van der Waals surface area contributed by atoms with E-state index in [1.807, 2.05) is 0 Å². The first-order valence-corrected chi connectivity index (χ1v) is 5.91. The van der Waals surface area contributed by atoms with E-state index in [9.17, 15) is 9.18 Å². The van der Waals surface area contributed by atoms with Crippen molar-refractivity contribution in [2.75, 3.05) is 11.4 Å².